The number of ketones is 1. The Kier molecular flexibility index (Phi) is 5.00. The van der Waals surface area contributed by atoms with Crippen LogP contribution in [0.15, 0.2) is 46.9 Å². The van der Waals surface area contributed by atoms with Crippen LogP contribution in [0.4, 0.5) is 0 Å². The van der Waals surface area contributed by atoms with E-state index in [0.29, 0.717) is 15.1 Å². The molecule has 22 heavy (non-hydrogen) atoms. The number of hydrogen-bond donors (Lipinski definition) is 2. The number of allylic oxidation sites excluding steroid dienone is 1. The molecule has 0 aliphatic heterocycles. The Morgan fingerprint density at radius 3 is 2.41 bits per heavy atom. The summed E-state index contributed by atoms with van der Waals surface area (Å²) in [5.74, 6) is -2.41. The quantitative estimate of drug-likeness (QED) is 0.608. The van der Waals surface area contributed by atoms with E-state index in [0.717, 1.165) is 0 Å². The van der Waals surface area contributed by atoms with E-state index in [-0.39, 0.29) is 11.1 Å². The molecule has 4 nitrogen and oxygen atoms in total. The van der Waals surface area contributed by atoms with Gasteiger partial charge in [-0.05, 0) is 35.9 Å². The number of carbonyl (C=O) groups excluding carboxylic acids is 1. The van der Waals surface area contributed by atoms with Crippen molar-refractivity contribution in [3.63, 3.8) is 0 Å². The number of hydrogen-bond acceptors (Lipinski definition) is 3. The van der Waals surface area contributed by atoms with Gasteiger partial charge in [0.15, 0.2) is 5.78 Å². The number of carboxylic acid groups (broad SMARTS) is 1. The Labute approximate surface area is 139 Å². The molecule has 0 aliphatic carbocycles. The molecule has 0 amide bonds. The summed E-state index contributed by atoms with van der Waals surface area (Å²) in [6.45, 7) is 0. The summed E-state index contributed by atoms with van der Waals surface area (Å²) in [7, 11) is 0. The van der Waals surface area contributed by atoms with Crippen molar-refractivity contribution in [3.8, 4) is 5.75 Å². The maximum Gasteiger partial charge on any atom is 0.339 e. The van der Waals surface area contributed by atoms with E-state index >= 15 is 0 Å². The number of carbonyl (C=O) groups is 2. The molecule has 2 N–H and O–H groups in total. The zero-order valence-electron chi connectivity index (χ0n) is 11.1. The van der Waals surface area contributed by atoms with Gasteiger partial charge in [-0.3, -0.25) is 4.79 Å². The number of rotatable bonds is 4. The van der Waals surface area contributed by atoms with Crippen LogP contribution in [0.1, 0.15) is 26.3 Å². The van der Waals surface area contributed by atoms with Gasteiger partial charge in [0.2, 0.25) is 0 Å². The van der Waals surface area contributed by atoms with Crippen molar-refractivity contribution in [2.45, 2.75) is 0 Å². The van der Waals surface area contributed by atoms with E-state index in [1.807, 2.05) is 0 Å². The largest absolute Gasteiger partial charge is 0.506 e. The lowest BCUT2D eigenvalue weighted by molar-refractivity contribution is 0.0693. The summed E-state index contributed by atoms with van der Waals surface area (Å²) in [5.41, 5.74) is 0.199. The fraction of sp³-hybridized carbons (Fsp3) is 0. The maximum absolute atomic E-state index is 12.2. The van der Waals surface area contributed by atoms with Crippen molar-refractivity contribution in [1.82, 2.24) is 0 Å². The van der Waals surface area contributed by atoms with Gasteiger partial charge in [0.05, 0.1) is 5.56 Å². The first-order valence-corrected chi connectivity index (χ1v) is 7.30. The first-order chi connectivity index (χ1) is 10.4. The third-order valence-electron chi connectivity index (χ3n) is 2.89. The molecular formula is C16H10BrClO4. The molecule has 0 spiro atoms. The Hall–Kier alpha value is -2.11. The van der Waals surface area contributed by atoms with Crippen LogP contribution in [-0.4, -0.2) is 22.0 Å². The van der Waals surface area contributed by atoms with Gasteiger partial charge in [-0.15, -0.1) is 0 Å². The van der Waals surface area contributed by atoms with Gasteiger partial charge in [-0.25, -0.2) is 4.79 Å². The summed E-state index contributed by atoms with van der Waals surface area (Å²) in [6.07, 6.45) is 2.74. The van der Waals surface area contributed by atoms with E-state index in [9.17, 15) is 14.7 Å². The van der Waals surface area contributed by atoms with Crippen LogP contribution < -0.4 is 0 Å². The molecule has 6 heteroatoms. The average molecular weight is 382 g/mol. The monoisotopic (exact) mass is 380 g/mol. The standard InChI is InChI=1S/C16H10BrClO4/c17-10-7-11(15(20)12(8-10)16(21)22)14(19)6-5-9-3-1-2-4-13(9)18/h1-8,20H,(H,21,22)/b6-5+. The highest BCUT2D eigenvalue weighted by Gasteiger charge is 2.18. The zero-order chi connectivity index (χ0) is 16.3. The highest BCUT2D eigenvalue weighted by atomic mass is 79.9. The minimum atomic E-state index is -1.32. The first-order valence-electron chi connectivity index (χ1n) is 6.13. The van der Waals surface area contributed by atoms with E-state index in [1.165, 1.54) is 24.3 Å². The Morgan fingerprint density at radius 2 is 1.77 bits per heavy atom. The second-order valence-corrected chi connectivity index (χ2v) is 5.70. The third kappa shape index (κ3) is 3.55. The average Bonchev–Trinajstić information content (AvgIpc) is 2.47. The molecule has 2 aromatic carbocycles. The molecule has 0 bridgehead atoms. The first kappa shape index (κ1) is 16.3. The van der Waals surface area contributed by atoms with E-state index in [1.54, 1.807) is 24.3 Å². The van der Waals surface area contributed by atoms with Gasteiger partial charge in [0.1, 0.15) is 11.3 Å². The van der Waals surface area contributed by atoms with Crippen LogP contribution >= 0.6 is 27.5 Å². The van der Waals surface area contributed by atoms with Crippen molar-refractivity contribution < 1.29 is 19.8 Å². The number of halogens is 2. The number of aromatic hydroxyl groups is 1. The molecule has 0 unspecified atom stereocenters. The van der Waals surface area contributed by atoms with Crippen LogP contribution in [0.3, 0.4) is 0 Å². The minimum absolute atomic E-state index is 0.102. The van der Waals surface area contributed by atoms with Gasteiger partial charge in [0.25, 0.3) is 0 Å². The van der Waals surface area contributed by atoms with Gasteiger partial charge < -0.3 is 10.2 Å². The highest BCUT2D eigenvalue weighted by molar-refractivity contribution is 9.10. The molecule has 112 valence electrons. The maximum atomic E-state index is 12.2. The topological polar surface area (TPSA) is 74.6 Å². The molecule has 0 radical (unpaired) electrons. The van der Waals surface area contributed by atoms with E-state index in [4.69, 9.17) is 16.7 Å². The van der Waals surface area contributed by atoms with Crippen molar-refractivity contribution in [2.75, 3.05) is 0 Å². The van der Waals surface area contributed by atoms with Crippen molar-refractivity contribution >= 4 is 45.4 Å². The molecule has 0 heterocycles. The fourth-order valence-corrected chi connectivity index (χ4v) is 2.47. The lowest BCUT2D eigenvalue weighted by atomic mass is 10.0. The molecular weight excluding hydrogens is 372 g/mol. The summed E-state index contributed by atoms with van der Waals surface area (Å²) >= 11 is 9.10. The molecule has 0 saturated heterocycles. The predicted molar refractivity (Wildman–Crippen MR) is 87.6 cm³/mol. The molecule has 0 aliphatic rings. The lowest BCUT2D eigenvalue weighted by Crippen LogP contribution is -2.03. The zero-order valence-corrected chi connectivity index (χ0v) is 13.4. The minimum Gasteiger partial charge on any atom is -0.506 e. The summed E-state index contributed by atoms with van der Waals surface area (Å²) < 4.78 is 0.386. The number of benzene rings is 2. The van der Waals surface area contributed by atoms with Crippen molar-refractivity contribution in [1.29, 1.82) is 0 Å². The Balaban J connectivity index is 2.38. The van der Waals surface area contributed by atoms with Crippen molar-refractivity contribution in [3.05, 3.63) is 68.7 Å². The molecule has 2 rings (SSSR count). The van der Waals surface area contributed by atoms with E-state index in [2.05, 4.69) is 15.9 Å². The van der Waals surface area contributed by atoms with Gasteiger partial charge in [-0.1, -0.05) is 45.7 Å². The second-order valence-electron chi connectivity index (χ2n) is 4.37. The summed E-state index contributed by atoms with van der Waals surface area (Å²) in [5, 5.41) is 19.4. The van der Waals surface area contributed by atoms with Crippen molar-refractivity contribution in [2.24, 2.45) is 0 Å². The predicted octanol–water partition coefficient (Wildman–Crippen LogP) is 4.40. The molecule has 0 aromatic heterocycles. The number of carboxylic acids is 1. The number of aromatic carboxylic acids is 1. The molecule has 2 aromatic rings. The normalized spacial score (nSPS) is 10.8. The lowest BCUT2D eigenvalue weighted by Gasteiger charge is -2.06. The van der Waals surface area contributed by atoms with Crippen LogP contribution in [0.2, 0.25) is 5.02 Å². The Morgan fingerprint density at radius 1 is 1.14 bits per heavy atom. The fourth-order valence-electron chi connectivity index (χ4n) is 1.82. The summed E-state index contributed by atoms with van der Waals surface area (Å²) in [6, 6.07) is 9.55. The SMILES string of the molecule is O=C(O)c1cc(Br)cc(C(=O)/C=C/c2ccccc2Cl)c1O. The van der Waals surface area contributed by atoms with Crippen LogP contribution in [0, 0.1) is 0 Å². The third-order valence-corrected chi connectivity index (χ3v) is 3.69. The van der Waals surface area contributed by atoms with E-state index < -0.39 is 17.5 Å². The smallest absolute Gasteiger partial charge is 0.339 e. The molecule has 0 atom stereocenters. The van der Waals surface area contributed by atoms with Crippen LogP contribution in [0.25, 0.3) is 6.08 Å². The van der Waals surface area contributed by atoms with Crippen LogP contribution in [0.5, 0.6) is 5.75 Å². The van der Waals surface area contributed by atoms with Crippen LogP contribution in [-0.2, 0) is 0 Å². The molecule has 0 saturated carbocycles. The van der Waals surface area contributed by atoms with Gasteiger partial charge in [0, 0.05) is 9.50 Å². The highest BCUT2D eigenvalue weighted by Crippen LogP contribution is 2.28. The second kappa shape index (κ2) is 6.77. The van der Waals surface area contributed by atoms with Gasteiger partial charge in [-0.2, -0.15) is 0 Å². The Bertz CT molecular complexity index is 784. The number of phenols is 1. The molecule has 0 fully saturated rings. The van der Waals surface area contributed by atoms with Gasteiger partial charge >= 0.3 is 5.97 Å². The summed E-state index contributed by atoms with van der Waals surface area (Å²) in [4.78, 5) is 23.2.